The Kier molecular flexibility index (Phi) is 4.28. The van der Waals surface area contributed by atoms with Crippen LogP contribution >= 0.6 is 23.2 Å². The molecule has 3 rings (SSSR count). The van der Waals surface area contributed by atoms with Crippen LogP contribution in [-0.2, 0) is 13.1 Å². The molecule has 0 aliphatic rings. The molecule has 118 valence electrons. The maximum atomic E-state index is 12.5. The molecule has 0 unspecified atom stereocenters. The molecular weight excluding hydrogens is 333 g/mol. The third-order valence-electron chi connectivity index (χ3n) is 3.82. The second kappa shape index (κ2) is 6.22. The van der Waals surface area contributed by atoms with E-state index in [1.54, 1.807) is 39.5 Å². The molecule has 0 atom stereocenters. The van der Waals surface area contributed by atoms with Crippen LogP contribution in [0.2, 0.25) is 10.0 Å². The Bertz CT molecular complexity index is 939. The molecule has 0 amide bonds. The molecule has 3 aromatic rings. The largest absolute Gasteiger partial charge is 0.309 e. The van der Waals surface area contributed by atoms with Gasteiger partial charge >= 0.3 is 0 Å². The minimum Gasteiger partial charge on any atom is -0.309 e. The maximum absolute atomic E-state index is 12.5. The number of nitrogens with one attached hydrogen (secondary N) is 1. The van der Waals surface area contributed by atoms with E-state index in [1.165, 1.54) is 0 Å². The lowest BCUT2D eigenvalue weighted by atomic mass is 10.1. The van der Waals surface area contributed by atoms with E-state index in [9.17, 15) is 4.79 Å². The average molecular weight is 348 g/mol. The maximum Gasteiger partial charge on any atom is 0.203 e. The van der Waals surface area contributed by atoms with E-state index in [0.717, 1.165) is 11.0 Å². The molecule has 0 fully saturated rings. The van der Waals surface area contributed by atoms with Crippen LogP contribution in [-0.4, -0.2) is 14.9 Å². The van der Waals surface area contributed by atoms with Gasteiger partial charge in [-0.2, -0.15) is 0 Å². The molecular formula is C17H15Cl2N3O. The van der Waals surface area contributed by atoms with E-state index in [-0.39, 0.29) is 17.9 Å². The fourth-order valence-electron chi connectivity index (χ4n) is 2.69. The number of nitrogens with zero attached hydrogens (tertiary/aromatic N) is 2. The number of rotatable bonds is 4. The van der Waals surface area contributed by atoms with Crippen molar-refractivity contribution in [2.75, 3.05) is 0 Å². The number of hydrogen-bond acceptors (Lipinski definition) is 2. The number of fused-ring (bicyclic) bond motifs is 1. The number of carbonyl (C=O) groups is 1. The van der Waals surface area contributed by atoms with Crippen molar-refractivity contribution in [3.05, 3.63) is 63.7 Å². The first-order valence-corrected chi connectivity index (χ1v) is 7.99. The van der Waals surface area contributed by atoms with Gasteiger partial charge in [-0.25, -0.2) is 0 Å². The Hall–Kier alpha value is -2.04. The van der Waals surface area contributed by atoms with Crippen LogP contribution in [0.5, 0.6) is 0 Å². The standard InChI is InChI=1S/C17H15Cl2N3O/c1-2-21-16-13(19)4-3-5-14(16)22(17(21)20)10-15(23)11-6-8-12(18)9-7-11/h3-9,20H,2,10H2,1H3. The van der Waals surface area contributed by atoms with Crippen molar-refractivity contribution in [1.29, 1.82) is 5.41 Å². The van der Waals surface area contributed by atoms with Crippen LogP contribution in [0.3, 0.4) is 0 Å². The Morgan fingerprint density at radius 2 is 1.78 bits per heavy atom. The van der Waals surface area contributed by atoms with Crippen LogP contribution in [0.25, 0.3) is 11.0 Å². The summed E-state index contributed by atoms with van der Waals surface area (Å²) in [7, 11) is 0. The third-order valence-corrected chi connectivity index (χ3v) is 4.38. The number of aryl methyl sites for hydroxylation is 1. The third kappa shape index (κ3) is 2.80. The van der Waals surface area contributed by atoms with E-state index in [2.05, 4.69) is 0 Å². The summed E-state index contributed by atoms with van der Waals surface area (Å²) in [5.74, 6) is -0.0738. The number of benzene rings is 2. The summed E-state index contributed by atoms with van der Waals surface area (Å²) >= 11 is 12.1. The van der Waals surface area contributed by atoms with Crippen molar-refractivity contribution < 1.29 is 4.79 Å². The van der Waals surface area contributed by atoms with Crippen molar-refractivity contribution in [2.45, 2.75) is 20.0 Å². The number of hydrogen-bond donors (Lipinski definition) is 1. The van der Waals surface area contributed by atoms with Crippen molar-refractivity contribution in [3.8, 4) is 0 Å². The minimum atomic E-state index is -0.0738. The molecule has 2 aromatic carbocycles. The monoisotopic (exact) mass is 347 g/mol. The van der Waals surface area contributed by atoms with Gasteiger partial charge in [-0.1, -0.05) is 29.3 Å². The lowest BCUT2D eigenvalue weighted by Crippen LogP contribution is -2.27. The van der Waals surface area contributed by atoms with Gasteiger partial charge < -0.3 is 9.13 Å². The zero-order valence-corrected chi connectivity index (χ0v) is 14.0. The predicted octanol–water partition coefficient (Wildman–Crippen LogP) is 4.13. The van der Waals surface area contributed by atoms with Crippen molar-refractivity contribution in [3.63, 3.8) is 0 Å². The molecule has 0 radical (unpaired) electrons. The molecule has 1 heterocycles. The first-order valence-electron chi connectivity index (χ1n) is 7.24. The Morgan fingerprint density at radius 3 is 2.43 bits per heavy atom. The molecule has 6 heteroatoms. The molecule has 0 bridgehead atoms. The number of imidazole rings is 1. The van der Waals surface area contributed by atoms with E-state index < -0.39 is 0 Å². The lowest BCUT2D eigenvalue weighted by Gasteiger charge is -2.04. The van der Waals surface area contributed by atoms with Crippen LogP contribution in [0, 0.1) is 5.41 Å². The van der Waals surface area contributed by atoms with Gasteiger partial charge in [0.15, 0.2) is 5.78 Å². The van der Waals surface area contributed by atoms with Gasteiger partial charge in [-0.15, -0.1) is 0 Å². The van der Waals surface area contributed by atoms with Crippen LogP contribution < -0.4 is 5.62 Å². The van der Waals surface area contributed by atoms with Crippen molar-refractivity contribution in [2.24, 2.45) is 0 Å². The highest BCUT2D eigenvalue weighted by molar-refractivity contribution is 6.35. The number of Topliss-reactive ketones (excluding diaryl/α,β-unsaturated/α-hetero) is 1. The van der Waals surface area contributed by atoms with Crippen LogP contribution in [0.4, 0.5) is 0 Å². The van der Waals surface area contributed by atoms with E-state index in [4.69, 9.17) is 28.6 Å². The first kappa shape index (κ1) is 15.8. The summed E-state index contributed by atoms with van der Waals surface area (Å²) in [6.45, 7) is 2.65. The Labute approximate surface area is 143 Å². The zero-order chi connectivity index (χ0) is 16.6. The van der Waals surface area contributed by atoms with E-state index in [1.807, 2.05) is 19.1 Å². The van der Waals surface area contributed by atoms with Gasteiger partial charge in [0.2, 0.25) is 5.62 Å². The number of carbonyl (C=O) groups excluding carboxylic acids is 1. The van der Waals surface area contributed by atoms with Gasteiger partial charge in [0.25, 0.3) is 0 Å². The fourth-order valence-corrected chi connectivity index (χ4v) is 3.09. The highest BCUT2D eigenvalue weighted by atomic mass is 35.5. The summed E-state index contributed by atoms with van der Waals surface area (Å²) in [5.41, 5.74) is 2.40. The summed E-state index contributed by atoms with van der Waals surface area (Å²) in [6, 6.07) is 12.3. The minimum absolute atomic E-state index is 0.0738. The first-order chi connectivity index (χ1) is 11.0. The molecule has 0 aliphatic heterocycles. The number of aromatic nitrogens is 2. The topological polar surface area (TPSA) is 50.8 Å². The molecule has 0 spiro atoms. The zero-order valence-electron chi connectivity index (χ0n) is 12.5. The van der Waals surface area contributed by atoms with Crippen molar-refractivity contribution >= 4 is 40.0 Å². The molecule has 1 N–H and O–H groups in total. The summed E-state index contributed by atoms with van der Waals surface area (Å²) in [4.78, 5) is 12.5. The summed E-state index contributed by atoms with van der Waals surface area (Å²) in [6.07, 6.45) is 0. The van der Waals surface area contributed by atoms with Crippen LogP contribution in [0.1, 0.15) is 17.3 Å². The van der Waals surface area contributed by atoms with E-state index in [0.29, 0.717) is 22.2 Å². The van der Waals surface area contributed by atoms with Crippen LogP contribution in [0.15, 0.2) is 42.5 Å². The molecule has 0 saturated heterocycles. The van der Waals surface area contributed by atoms with Gasteiger partial charge in [-0.05, 0) is 43.3 Å². The van der Waals surface area contributed by atoms with Crippen molar-refractivity contribution in [1.82, 2.24) is 9.13 Å². The fraction of sp³-hybridized carbons (Fsp3) is 0.176. The quantitative estimate of drug-likeness (QED) is 0.708. The number of ketones is 1. The molecule has 0 aliphatic carbocycles. The van der Waals surface area contributed by atoms with E-state index >= 15 is 0 Å². The molecule has 23 heavy (non-hydrogen) atoms. The second-order valence-electron chi connectivity index (χ2n) is 5.19. The predicted molar refractivity (Wildman–Crippen MR) is 92.2 cm³/mol. The average Bonchev–Trinajstić information content (AvgIpc) is 2.81. The normalized spacial score (nSPS) is 11.1. The SMILES string of the molecule is CCn1c(=N)n(CC(=O)c2ccc(Cl)cc2)c2cccc(Cl)c21. The summed E-state index contributed by atoms with van der Waals surface area (Å²) in [5, 5.41) is 9.52. The van der Waals surface area contributed by atoms with Gasteiger partial charge in [0, 0.05) is 17.1 Å². The van der Waals surface area contributed by atoms with Gasteiger partial charge in [0.05, 0.1) is 22.6 Å². The van der Waals surface area contributed by atoms with Gasteiger partial charge in [0.1, 0.15) is 0 Å². The molecule has 0 saturated carbocycles. The lowest BCUT2D eigenvalue weighted by molar-refractivity contribution is 0.0971. The molecule has 1 aromatic heterocycles. The Balaban J connectivity index is 2.08. The smallest absolute Gasteiger partial charge is 0.203 e. The number of para-hydroxylation sites is 1. The van der Waals surface area contributed by atoms with Gasteiger partial charge in [-0.3, -0.25) is 10.2 Å². The highest BCUT2D eigenvalue weighted by Crippen LogP contribution is 2.23. The summed E-state index contributed by atoms with van der Waals surface area (Å²) < 4.78 is 3.48. The second-order valence-corrected chi connectivity index (χ2v) is 6.04. The highest BCUT2D eigenvalue weighted by Gasteiger charge is 2.15. The Morgan fingerprint density at radius 1 is 1.09 bits per heavy atom. The number of halogens is 2. The molecule has 4 nitrogen and oxygen atoms in total.